The topological polar surface area (TPSA) is 30.7 Å². The molecule has 0 spiro atoms. The van der Waals surface area contributed by atoms with Crippen molar-refractivity contribution in [3.63, 3.8) is 0 Å². The zero-order valence-electron chi connectivity index (χ0n) is 21.3. The molecule has 4 aromatic carbocycles. The van der Waals surface area contributed by atoms with Crippen LogP contribution in [0.3, 0.4) is 0 Å². The molecule has 174 valence electrons. The Morgan fingerprint density at radius 1 is 0.771 bits per heavy atom. The van der Waals surface area contributed by atoms with Gasteiger partial charge in [-0.3, -0.25) is 0 Å². The summed E-state index contributed by atoms with van der Waals surface area (Å²) in [5.41, 5.74) is 7.11. The lowest BCUT2D eigenvalue weighted by molar-refractivity contribution is 0.596. The number of fused-ring (bicyclic) bond motifs is 5. The Labute approximate surface area is 206 Å². The molecule has 6 rings (SSSR count). The first kappa shape index (κ1) is 21.8. The molecule has 3 heteroatoms. The van der Waals surface area contributed by atoms with E-state index in [0.717, 1.165) is 22.3 Å². The van der Waals surface area contributed by atoms with Gasteiger partial charge in [0.25, 0.3) is 0 Å². The maximum atomic E-state index is 4.90. The number of hydrogen-bond acceptors (Lipinski definition) is 2. The number of benzene rings is 4. The van der Waals surface area contributed by atoms with Crippen molar-refractivity contribution in [3.8, 4) is 11.3 Å². The summed E-state index contributed by atoms with van der Waals surface area (Å²) in [7, 11) is 2.14. The molecule has 6 aromatic rings. The lowest BCUT2D eigenvalue weighted by Crippen LogP contribution is -2.12. The molecule has 0 bridgehead atoms. The van der Waals surface area contributed by atoms with E-state index >= 15 is 0 Å². The molecule has 0 aliphatic rings. The highest BCUT2D eigenvalue weighted by Crippen LogP contribution is 2.42. The van der Waals surface area contributed by atoms with Gasteiger partial charge in [-0.15, -0.1) is 0 Å². The monoisotopic (exact) mass is 457 g/mol. The molecule has 0 aliphatic heterocycles. The van der Waals surface area contributed by atoms with E-state index in [1.54, 1.807) is 6.33 Å². The highest BCUT2D eigenvalue weighted by molar-refractivity contribution is 6.18. The van der Waals surface area contributed by atoms with Gasteiger partial charge in [0.05, 0.1) is 16.6 Å². The minimum Gasteiger partial charge on any atom is -0.328 e. The van der Waals surface area contributed by atoms with Crippen LogP contribution < -0.4 is 0 Å². The minimum atomic E-state index is 0.0154. The molecule has 0 saturated carbocycles. The third-order valence-corrected chi connectivity index (χ3v) is 7.33. The van der Waals surface area contributed by atoms with E-state index in [-0.39, 0.29) is 5.41 Å². The molecule has 0 amide bonds. The van der Waals surface area contributed by atoms with Crippen molar-refractivity contribution < 1.29 is 0 Å². The van der Waals surface area contributed by atoms with Crippen LogP contribution in [0.4, 0.5) is 0 Å². The van der Waals surface area contributed by atoms with Crippen LogP contribution >= 0.6 is 0 Å². The fourth-order valence-corrected chi connectivity index (χ4v) is 5.77. The highest BCUT2D eigenvalue weighted by atomic mass is 15.0. The van der Waals surface area contributed by atoms with E-state index in [4.69, 9.17) is 9.97 Å². The lowest BCUT2D eigenvalue weighted by Gasteiger charge is -2.22. The van der Waals surface area contributed by atoms with Gasteiger partial charge in [0.1, 0.15) is 12.0 Å². The van der Waals surface area contributed by atoms with Crippen LogP contribution in [0, 0.1) is 0 Å². The lowest BCUT2D eigenvalue weighted by atomic mass is 9.82. The van der Waals surface area contributed by atoms with Crippen LogP contribution in [0.25, 0.3) is 54.7 Å². The number of rotatable bonds is 2. The van der Waals surface area contributed by atoms with Crippen LogP contribution in [-0.4, -0.2) is 14.5 Å². The standard InChI is InChI=1S/C32H31N3/c1-19(2)27-24-14-10-8-12-21(24)16-25-28-29(33-18-34-31(28)35(6)30(25)27)22-15-20-11-7-9-13-23(20)26(17-22)32(3,4)5/h7-19H,1-6H3. The quantitative estimate of drug-likeness (QED) is 0.261. The van der Waals surface area contributed by atoms with Crippen LogP contribution in [0.5, 0.6) is 0 Å². The van der Waals surface area contributed by atoms with E-state index in [2.05, 4.69) is 113 Å². The molecule has 0 saturated heterocycles. The average molecular weight is 458 g/mol. The maximum absolute atomic E-state index is 4.90. The Bertz CT molecular complexity index is 1760. The molecule has 0 fully saturated rings. The van der Waals surface area contributed by atoms with Gasteiger partial charge in [-0.1, -0.05) is 83.1 Å². The van der Waals surface area contributed by atoms with Crippen molar-refractivity contribution in [1.82, 2.24) is 14.5 Å². The van der Waals surface area contributed by atoms with Gasteiger partial charge in [0, 0.05) is 18.0 Å². The Morgan fingerprint density at radius 3 is 2.11 bits per heavy atom. The smallest absolute Gasteiger partial charge is 0.144 e. The minimum absolute atomic E-state index is 0.0154. The second kappa shape index (κ2) is 7.64. The first-order valence-corrected chi connectivity index (χ1v) is 12.4. The predicted octanol–water partition coefficient (Wildman–Crippen LogP) is 8.52. The van der Waals surface area contributed by atoms with Gasteiger partial charge in [0.15, 0.2) is 0 Å². The van der Waals surface area contributed by atoms with Crippen LogP contribution in [0.1, 0.15) is 51.7 Å². The SMILES string of the molecule is CC(C)c1c2ccccc2cc2c3c(-c4cc(C(C)(C)C)c5ccccc5c4)ncnc3n(C)c12. The second-order valence-electron chi connectivity index (χ2n) is 11.0. The van der Waals surface area contributed by atoms with E-state index in [1.807, 2.05) is 0 Å². The van der Waals surface area contributed by atoms with Gasteiger partial charge in [-0.05, 0) is 62.2 Å². The summed E-state index contributed by atoms with van der Waals surface area (Å²) in [6.45, 7) is 11.4. The molecular formula is C32H31N3. The van der Waals surface area contributed by atoms with Gasteiger partial charge in [-0.2, -0.15) is 0 Å². The van der Waals surface area contributed by atoms with Crippen LogP contribution in [0.15, 0.2) is 73.1 Å². The molecule has 0 unspecified atom stereocenters. The number of nitrogens with zero attached hydrogens (tertiary/aromatic N) is 3. The van der Waals surface area contributed by atoms with E-state index in [9.17, 15) is 0 Å². The molecule has 2 heterocycles. The van der Waals surface area contributed by atoms with Crippen molar-refractivity contribution in [3.05, 3.63) is 84.2 Å². The molecule has 0 N–H and O–H groups in total. The highest BCUT2D eigenvalue weighted by Gasteiger charge is 2.23. The Balaban J connectivity index is 1.78. The predicted molar refractivity (Wildman–Crippen MR) is 149 cm³/mol. The van der Waals surface area contributed by atoms with E-state index in [0.29, 0.717) is 5.92 Å². The summed E-state index contributed by atoms with van der Waals surface area (Å²) in [6, 6.07) is 24.4. The van der Waals surface area contributed by atoms with Crippen molar-refractivity contribution in [1.29, 1.82) is 0 Å². The molecule has 0 aliphatic carbocycles. The van der Waals surface area contributed by atoms with Gasteiger partial charge in [-0.25, -0.2) is 9.97 Å². The average Bonchev–Trinajstić information content (AvgIpc) is 3.12. The summed E-state index contributed by atoms with van der Waals surface area (Å²) < 4.78 is 2.27. The second-order valence-corrected chi connectivity index (χ2v) is 11.0. The summed E-state index contributed by atoms with van der Waals surface area (Å²) in [6.07, 6.45) is 1.72. The van der Waals surface area contributed by atoms with E-state index < -0.39 is 0 Å². The van der Waals surface area contributed by atoms with E-state index in [1.165, 1.54) is 43.6 Å². The van der Waals surface area contributed by atoms with Crippen molar-refractivity contribution in [2.45, 2.75) is 46.0 Å². The molecular weight excluding hydrogens is 426 g/mol. The maximum Gasteiger partial charge on any atom is 0.144 e. The summed E-state index contributed by atoms with van der Waals surface area (Å²) in [5.74, 6) is 0.385. The van der Waals surface area contributed by atoms with Crippen molar-refractivity contribution in [2.75, 3.05) is 0 Å². The van der Waals surface area contributed by atoms with Gasteiger partial charge < -0.3 is 4.57 Å². The number of hydrogen-bond donors (Lipinski definition) is 0. The third-order valence-electron chi connectivity index (χ3n) is 7.33. The van der Waals surface area contributed by atoms with Crippen molar-refractivity contribution in [2.24, 2.45) is 7.05 Å². The van der Waals surface area contributed by atoms with Crippen LogP contribution in [-0.2, 0) is 12.5 Å². The molecule has 0 atom stereocenters. The first-order chi connectivity index (χ1) is 16.8. The summed E-state index contributed by atoms with van der Waals surface area (Å²) in [5, 5.41) is 7.49. The summed E-state index contributed by atoms with van der Waals surface area (Å²) >= 11 is 0. The Morgan fingerprint density at radius 2 is 1.43 bits per heavy atom. The number of aryl methyl sites for hydroxylation is 1. The molecule has 0 radical (unpaired) electrons. The zero-order chi connectivity index (χ0) is 24.5. The fraction of sp³-hybridized carbons (Fsp3) is 0.250. The first-order valence-electron chi connectivity index (χ1n) is 12.4. The normalized spacial score (nSPS) is 12.5. The largest absolute Gasteiger partial charge is 0.328 e. The molecule has 35 heavy (non-hydrogen) atoms. The molecule has 3 nitrogen and oxygen atoms in total. The summed E-state index contributed by atoms with van der Waals surface area (Å²) in [4.78, 5) is 9.68. The fourth-order valence-electron chi connectivity index (χ4n) is 5.77. The van der Waals surface area contributed by atoms with Gasteiger partial charge >= 0.3 is 0 Å². The van der Waals surface area contributed by atoms with Gasteiger partial charge in [0.2, 0.25) is 0 Å². The Hall–Kier alpha value is -3.72. The number of aromatic nitrogens is 3. The molecule has 2 aromatic heterocycles. The Kier molecular flexibility index (Phi) is 4.76. The zero-order valence-corrected chi connectivity index (χ0v) is 21.3. The van der Waals surface area contributed by atoms with Crippen molar-refractivity contribution >= 4 is 43.5 Å². The van der Waals surface area contributed by atoms with Crippen LogP contribution in [0.2, 0.25) is 0 Å². The third kappa shape index (κ3) is 3.25.